The topological polar surface area (TPSA) is 38.3 Å². The Hall–Kier alpha value is -2.26. The third-order valence-electron chi connectivity index (χ3n) is 3.51. The highest BCUT2D eigenvalue weighted by Crippen LogP contribution is 2.20. The quantitative estimate of drug-likeness (QED) is 0.534. The van der Waals surface area contributed by atoms with Gasteiger partial charge in [-0.05, 0) is 54.8 Å². The molecular weight excluding hydrogens is 322 g/mol. The van der Waals surface area contributed by atoms with Gasteiger partial charge < -0.3 is 10.1 Å². The van der Waals surface area contributed by atoms with Crippen molar-refractivity contribution >= 4 is 29.3 Å². The number of halogens is 1. The van der Waals surface area contributed by atoms with E-state index >= 15 is 0 Å². The molecule has 0 radical (unpaired) electrons. The number of nitrogens with one attached hydrogen (secondary N) is 1. The van der Waals surface area contributed by atoms with Crippen molar-refractivity contribution in [2.24, 2.45) is 0 Å². The predicted molar refractivity (Wildman–Crippen MR) is 101 cm³/mol. The summed E-state index contributed by atoms with van der Waals surface area (Å²) in [5.41, 5.74) is 2.60. The molecule has 1 amide bonds. The molecule has 0 heterocycles. The van der Waals surface area contributed by atoms with Gasteiger partial charge >= 0.3 is 0 Å². The normalized spacial score (nSPS) is 10.8. The van der Waals surface area contributed by atoms with Gasteiger partial charge in [-0.15, -0.1) is 0 Å². The number of carbonyl (C=O) groups excluding carboxylic acids is 1. The fourth-order valence-corrected chi connectivity index (χ4v) is 2.22. The number of hydrogen-bond acceptors (Lipinski definition) is 2. The minimum Gasteiger partial charge on any atom is -0.494 e. The van der Waals surface area contributed by atoms with E-state index in [2.05, 4.69) is 12.2 Å². The average molecular weight is 344 g/mol. The molecule has 24 heavy (non-hydrogen) atoms. The number of hydrogen-bond donors (Lipinski definition) is 1. The summed E-state index contributed by atoms with van der Waals surface area (Å²) in [5.74, 6) is 0.651. The molecule has 2 aromatic carbocycles. The van der Waals surface area contributed by atoms with Crippen LogP contribution in [0.1, 0.15) is 30.9 Å². The summed E-state index contributed by atoms with van der Waals surface area (Å²) in [4.78, 5) is 12.0. The molecule has 0 bridgehead atoms. The Labute approximate surface area is 148 Å². The summed E-state index contributed by atoms with van der Waals surface area (Å²) in [6.07, 6.45) is 5.43. The first-order valence-corrected chi connectivity index (χ1v) is 8.44. The number of carbonyl (C=O) groups is 1. The number of anilines is 1. The van der Waals surface area contributed by atoms with Crippen molar-refractivity contribution < 1.29 is 9.53 Å². The Morgan fingerprint density at radius 3 is 2.62 bits per heavy atom. The van der Waals surface area contributed by atoms with E-state index in [-0.39, 0.29) is 5.91 Å². The zero-order chi connectivity index (χ0) is 17.4. The standard InChI is InChI=1S/C20H22ClNO2/c1-3-4-13-24-18-10-6-16(7-11-18)8-12-20(23)22-17-9-5-15(2)19(21)14-17/h5-12,14H,3-4,13H2,1-2H3,(H,22,23)/b12-8+. The van der Waals surface area contributed by atoms with Crippen LogP contribution in [0.25, 0.3) is 6.08 Å². The first-order valence-electron chi connectivity index (χ1n) is 8.06. The highest BCUT2D eigenvalue weighted by atomic mass is 35.5. The van der Waals surface area contributed by atoms with Gasteiger partial charge in [0.1, 0.15) is 5.75 Å². The Bertz CT molecular complexity index is 708. The van der Waals surface area contributed by atoms with E-state index in [1.54, 1.807) is 12.1 Å². The van der Waals surface area contributed by atoms with Crippen molar-refractivity contribution in [1.82, 2.24) is 0 Å². The van der Waals surface area contributed by atoms with Gasteiger partial charge in [0.25, 0.3) is 0 Å². The lowest BCUT2D eigenvalue weighted by molar-refractivity contribution is -0.111. The summed E-state index contributed by atoms with van der Waals surface area (Å²) >= 11 is 6.05. The molecule has 2 aromatic rings. The molecule has 0 atom stereocenters. The molecule has 0 aliphatic heterocycles. The molecular formula is C20H22ClNO2. The maximum absolute atomic E-state index is 12.0. The van der Waals surface area contributed by atoms with Gasteiger partial charge in [-0.3, -0.25) is 4.79 Å². The molecule has 0 saturated carbocycles. The van der Waals surface area contributed by atoms with Crippen LogP contribution in [0.5, 0.6) is 5.75 Å². The molecule has 0 aliphatic carbocycles. The molecule has 1 N–H and O–H groups in total. The molecule has 2 rings (SSSR count). The van der Waals surface area contributed by atoms with Gasteiger partial charge in [-0.1, -0.05) is 43.1 Å². The van der Waals surface area contributed by atoms with Crippen molar-refractivity contribution in [3.63, 3.8) is 0 Å². The van der Waals surface area contributed by atoms with Crippen LogP contribution in [0.4, 0.5) is 5.69 Å². The fraction of sp³-hybridized carbons (Fsp3) is 0.250. The Balaban J connectivity index is 1.89. The van der Waals surface area contributed by atoms with Crippen molar-refractivity contribution in [2.75, 3.05) is 11.9 Å². The molecule has 0 fully saturated rings. The van der Waals surface area contributed by atoms with E-state index < -0.39 is 0 Å². The molecule has 0 spiro atoms. The largest absolute Gasteiger partial charge is 0.494 e. The maximum atomic E-state index is 12.0. The molecule has 3 nitrogen and oxygen atoms in total. The lowest BCUT2D eigenvalue weighted by Crippen LogP contribution is -2.07. The number of amides is 1. The zero-order valence-electron chi connectivity index (χ0n) is 14.0. The van der Waals surface area contributed by atoms with E-state index in [9.17, 15) is 4.79 Å². The number of ether oxygens (including phenoxy) is 1. The van der Waals surface area contributed by atoms with Crippen LogP contribution < -0.4 is 10.1 Å². The van der Waals surface area contributed by atoms with Crippen LogP contribution >= 0.6 is 11.6 Å². The van der Waals surface area contributed by atoms with E-state index in [4.69, 9.17) is 16.3 Å². The summed E-state index contributed by atoms with van der Waals surface area (Å²) in [6.45, 7) is 4.78. The highest BCUT2D eigenvalue weighted by Gasteiger charge is 2.01. The first-order chi connectivity index (χ1) is 11.6. The van der Waals surface area contributed by atoms with Crippen molar-refractivity contribution in [3.05, 3.63) is 64.7 Å². The fourth-order valence-electron chi connectivity index (χ4n) is 2.04. The van der Waals surface area contributed by atoms with Gasteiger partial charge in [-0.25, -0.2) is 0 Å². The van der Waals surface area contributed by atoms with E-state index in [0.717, 1.165) is 36.3 Å². The van der Waals surface area contributed by atoms with Gasteiger partial charge in [0, 0.05) is 16.8 Å². The number of rotatable bonds is 7. The van der Waals surface area contributed by atoms with Gasteiger partial charge in [0.05, 0.1) is 6.61 Å². The number of benzene rings is 2. The van der Waals surface area contributed by atoms with Crippen LogP contribution in [-0.4, -0.2) is 12.5 Å². The minimum absolute atomic E-state index is 0.196. The Kier molecular flexibility index (Phi) is 6.89. The third-order valence-corrected chi connectivity index (χ3v) is 3.92. The molecule has 0 unspecified atom stereocenters. The van der Waals surface area contributed by atoms with Crippen molar-refractivity contribution in [1.29, 1.82) is 0 Å². The van der Waals surface area contributed by atoms with Gasteiger partial charge in [-0.2, -0.15) is 0 Å². The van der Waals surface area contributed by atoms with E-state index in [0.29, 0.717) is 10.7 Å². The monoisotopic (exact) mass is 343 g/mol. The second-order valence-corrected chi connectivity index (χ2v) is 5.96. The SMILES string of the molecule is CCCCOc1ccc(/C=C/C(=O)Nc2ccc(C)c(Cl)c2)cc1. The second kappa shape index (κ2) is 9.14. The molecule has 4 heteroatoms. The lowest BCUT2D eigenvalue weighted by Gasteiger charge is -2.05. The van der Waals surface area contributed by atoms with Gasteiger partial charge in [0.2, 0.25) is 5.91 Å². The summed E-state index contributed by atoms with van der Waals surface area (Å²) in [5, 5.41) is 3.43. The lowest BCUT2D eigenvalue weighted by atomic mass is 10.2. The summed E-state index contributed by atoms with van der Waals surface area (Å²) in [6, 6.07) is 13.1. The summed E-state index contributed by atoms with van der Waals surface area (Å²) in [7, 11) is 0. The third kappa shape index (κ3) is 5.74. The molecule has 126 valence electrons. The van der Waals surface area contributed by atoms with Crippen molar-refractivity contribution in [3.8, 4) is 5.75 Å². The summed E-state index contributed by atoms with van der Waals surface area (Å²) < 4.78 is 5.61. The second-order valence-electron chi connectivity index (χ2n) is 5.56. The molecule has 0 aliphatic rings. The maximum Gasteiger partial charge on any atom is 0.248 e. The van der Waals surface area contributed by atoms with E-state index in [1.165, 1.54) is 6.08 Å². The Morgan fingerprint density at radius 1 is 1.21 bits per heavy atom. The zero-order valence-corrected chi connectivity index (χ0v) is 14.8. The van der Waals surface area contributed by atoms with E-state index in [1.807, 2.05) is 43.3 Å². The van der Waals surface area contributed by atoms with Gasteiger partial charge in [0.15, 0.2) is 0 Å². The van der Waals surface area contributed by atoms with Crippen LogP contribution in [-0.2, 0) is 4.79 Å². The van der Waals surface area contributed by atoms with Crippen LogP contribution in [0, 0.1) is 6.92 Å². The first kappa shape index (κ1) is 18.1. The van der Waals surface area contributed by atoms with Crippen molar-refractivity contribution in [2.45, 2.75) is 26.7 Å². The predicted octanol–water partition coefficient (Wildman–Crippen LogP) is 5.48. The van der Waals surface area contributed by atoms with Crippen LogP contribution in [0.2, 0.25) is 5.02 Å². The van der Waals surface area contributed by atoms with Crippen LogP contribution in [0.3, 0.4) is 0 Å². The molecule has 0 saturated heterocycles. The average Bonchev–Trinajstić information content (AvgIpc) is 2.58. The Morgan fingerprint density at radius 2 is 1.96 bits per heavy atom. The number of unbranched alkanes of at least 4 members (excludes halogenated alkanes) is 1. The van der Waals surface area contributed by atoms with Crippen LogP contribution in [0.15, 0.2) is 48.5 Å². The minimum atomic E-state index is -0.196. The smallest absolute Gasteiger partial charge is 0.248 e. The number of aryl methyl sites for hydroxylation is 1. The molecule has 0 aromatic heterocycles. The highest BCUT2D eigenvalue weighted by molar-refractivity contribution is 6.31.